The van der Waals surface area contributed by atoms with Crippen LogP contribution in [0.4, 0.5) is 0 Å². The molecular formula is C34H50O4. The topological polar surface area (TPSA) is 47.9 Å². The molecule has 1 N–H and O–H groups in total. The summed E-state index contributed by atoms with van der Waals surface area (Å²) in [5.41, 5.74) is 3.93. The number of hydrogen-bond donors (Lipinski definition) is 1. The van der Waals surface area contributed by atoms with E-state index in [2.05, 4.69) is 54.5 Å². The smallest absolute Gasteiger partial charge is 0.175 e. The molecule has 0 radical (unpaired) electrons. The monoisotopic (exact) mass is 522 g/mol. The summed E-state index contributed by atoms with van der Waals surface area (Å²) in [4.78, 5) is 0. The third kappa shape index (κ3) is 6.61. The van der Waals surface area contributed by atoms with Crippen molar-refractivity contribution in [2.24, 2.45) is 11.8 Å². The predicted octanol–water partition coefficient (Wildman–Crippen LogP) is 9.62. The van der Waals surface area contributed by atoms with E-state index < -0.39 is 0 Å². The van der Waals surface area contributed by atoms with E-state index in [1.807, 2.05) is 13.0 Å². The fourth-order valence-electron chi connectivity index (χ4n) is 6.14. The van der Waals surface area contributed by atoms with Crippen LogP contribution in [0.3, 0.4) is 0 Å². The molecule has 0 amide bonds. The molecule has 2 atom stereocenters. The molecule has 0 aliphatic carbocycles. The zero-order valence-electron chi connectivity index (χ0n) is 25.1. The second kappa shape index (κ2) is 11.4. The van der Waals surface area contributed by atoms with Gasteiger partial charge in [0.05, 0.1) is 0 Å². The SMILES string of the molecule is Cc1cc(Oc2c(O)cc(C)c3c2CCC(C)(CCCC(C)C)O3)cc2c1OC(C)(CCCC(C)C)CC2. The van der Waals surface area contributed by atoms with Crippen LogP contribution in [-0.4, -0.2) is 16.3 Å². The van der Waals surface area contributed by atoms with E-state index in [9.17, 15) is 5.11 Å². The summed E-state index contributed by atoms with van der Waals surface area (Å²) in [6.07, 6.45) is 10.7. The molecule has 2 aromatic carbocycles. The van der Waals surface area contributed by atoms with Crippen molar-refractivity contribution in [1.82, 2.24) is 0 Å². The zero-order chi connectivity index (χ0) is 27.7. The molecule has 0 fully saturated rings. The molecule has 38 heavy (non-hydrogen) atoms. The highest BCUT2D eigenvalue weighted by Crippen LogP contribution is 2.49. The van der Waals surface area contributed by atoms with Gasteiger partial charge in [-0.05, 0) is 126 Å². The Labute approximate surface area is 231 Å². The van der Waals surface area contributed by atoms with Crippen LogP contribution < -0.4 is 14.2 Å². The molecule has 4 heteroatoms. The zero-order valence-corrected chi connectivity index (χ0v) is 25.1. The maximum atomic E-state index is 10.9. The minimum Gasteiger partial charge on any atom is -0.504 e. The third-order valence-electron chi connectivity index (χ3n) is 8.54. The first-order valence-corrected chi connectivity index (χ1v) is 14.9. The number of phenols is 1. The van der Waals surface area contributed by atoms with E-state index in [0.717, 1.165) is 84.8 Å². The van der Waals surface area contributed by atoms with Gasteiger partial charge in [0.2, 0.25) is 0 Å². The van der Waals surface area contributed by atoms with Crippen LogP contribution in [0.25, 0.3) is 0 Å². The Morgan fingerprint density at radius 1 is 0.816 bits per heavy atom. The molecule has 210 valence electrons. The Kier molecular flexibility index (Phi) is 8.59. The van der Waals surface area contributed by atoms with Gasteiger partial charge in [0.25, 0.3) is 0 Å². The van der Waals surface area contributed by atoms with Crippen molar-refractivity contribution in [2.45, 2.75) is 131 Å². The lowest BCUT2D eigenvalue weighted by Gasteiger charge is -2.38. The molecule has 4 nitrogen and oxygen atoms in total. The van der Waals surface area contributed by atoms with Gasteiger partial charge in [-0.3, -0.25) is 0 Å². The van der Waals surface area contributed by atoms with Gasteiger partial charge in [0, 0.05) is 5.56 Å². The molecule has 0 saturated heterocycles. The van der Waals surface area contributed by atoms with E-state index in [4.69, 9.17) is 14.2 Å². The number of hydrogen-bond acceptors (Lipinski definition) is 4. The van der Waals surface area contributed by atoms with Crippen LogP contribution in [0.15, 0.2) is 18.2 Å². The second-order valence-electron chi connectivity index (χ2n) is 13.4. The summed E-state index contributed by atoms with van der Waals surface area (Å²) in [6, 6.07) is 5.93. The van der Waals surface area contributed by atoms with Crippen molar-refractivity contribution in [3.63, 3.8) is 0 Å². The van der Waals surface area contributed by atoms with Gasteiger partial charge in [0.15, 0.2) is 11.5 Å². The largest absolute Gasteiger partial charge is 0.504 e. The van der Waals surface area contributed by atoms with Crippen molar-refractivity contribution in [3.8, 4) is 28.7 Å². The van der Waals surface area contributed by atoms with Crippen LogP contribution in [0.2, 0.25) is 0 Å². The molecule has 0 bridgehead atoms. The molecule has 0 saturated carbocycles. The van der Waals surface area contributed by atoms with Crippen LogP contribution in [0.1, 0.15) is 115 Å². The molecule has 2 heterocycles. The van der Waals surface area contributed by atoms with Crippen LogP contribution in [0, 0.1) is 25.7 Å². The number of ether oxygens (including phenoxy) is 3. The lowest BCUT2D eigenvalue weighted by molar-refractivity contribution is 0.0506. The van der Waals surface area contributed by atoms with Crippen LogP contribution >= 0.6 is 0 Å². The number of benzene rings is 2. The van der Waals surface area contributed by atoms with Gasteiger partial charge in [0.1, 0.15) is 28.5 Å². The maximum Gasteiger partial charge on any atom is 0.175 e. The van der Waals surface area contributed by atoms with Crippen molar-refractivity contribution < 1.29 is 19.3 Å². The lowest BCUT2D eigenvalue weighted by atomic mass is 9.86. The van der Waals surface area contributed by atoms with E-state index in [1.54, 1.807) is 6.07 Å². The Balaban J connectivity index is 1.53. The lowest BCUT2D eigenvalue weighted by Crippen LogP contribution is -2.37. The minimum atomic E-state index is -0.178. The fourth-order valence-corrected chi connectivity index (χ4v) is 6.14. The van der Waals surface area contributed by atoms with Crippen LogP contribution in [0.5, 0.6) is 28.7 Å². The van der Waals surface area contributed by atoms with Gasteiger partial charge in [-0.25, -0.2) is 0 Å². The average Bonchev–Trinajstić information content (AvgIpc) is 2.82. The predicted molar refractivity (Wildman–Crippen MR) is 156 cm³/mol. The number of aromatic hydroxyl groups is 1. The van der Waals surface area contributed by atoms with Crippen molar-refractivity contribution in [1.29, 1.82) is 0 Å². The Bertz CT molecular complexity index is 1130. The Hall–Kier alpha value is -2.36. The summed E-state index contributed by atoms with van der Waals surface area (Å²) in [7, 11) is 0. The molecule has 0 spiro atoms. The van der Waals surface area contributed by atoms with Crippen molar-refractivity contribution in [3.05, 3.63) is 40.5 Å². The first-order valence-electron chi connectivity index (χ1n) is 14.9. The molecule has 2 aliphatic heterocycles. The summed E-state index contributed by atoms with van der Waals surface area (Å²) >= 11 is 0. The molecule has 0 aromatic heterocycles. The summed E-state index contributed by atoms with van der Waals surface area (Å²) in [5.74, 6) is 4.78. The van der Waals surface area contributed by atoms with Crippen molar-refractivity contribution >= 4 is 0 Å². The number of rotatable bonds is 10. The number of aryl methyl sites for hydroxylation is 3. The molecule has 2 unspecified atom stereocenters. The highest BCUT2D eigenvalue weighted by atomic mass is 16.5. The summed E-state index contributed by atoms with van der Waals surface area (Å²) < 4.78 is 19.7. The summed E-state index contributed by atoms with van der Waals surface area (Å²) in [5, 5.41) is 10.9. The fraction of sp³-hybridized carbons (Fsp3) is 0.647. The van der Waals surface area contributed by atoms with E-state index >= 15 is 0 Å². The molecule has 2 aromatic rings. The highest BCUT2D eigenvalue weighted by Gasteiger charge is 2.36. The van der Waals surface area contributed by atoms with E-state index in [0.29, 0.717) is 11.7 Å². The van der Waals surface area contributed by atoms with E-state index in [1.165, 1.54) is 24.8 Å². The molecule has 4 rings (SSSR count). The van der Waals surface area contributed by atoms with Crippen LogP contribution in [-0.2, 0) is 12.8 Å². The normalized spacial score (nSPS) is 22.6. The quantitative estimate of drug-likeness (QED) is 0.337. The number of phenolic OH excluding ortho intramolecular Hbond substituents is 1. The van der Waals surface area contributed by atoms with Crippen molar-refractivity contribution in [2.75, 3.05) is 0 Å². The molecular weight excluding hydrogens is 472 g/mol. The second-order valence-corrected chi connectivity index (χ2v) is 13.4. The minimum absolute atomic E-state index is 0.109. The van der Waals surface area contributed by atoms with Gasteiger partial charge < -0.3 is 19.3 Å². The van der Waals surface area contributed by atoms with Gasteiger partial charge in [-0.2, -0.15) is 0 Å². The molecule has 2 aliphatic rings. The number of fused-ring (bicyclic) bond motifs is 2. The average molecular weight is 523 g/mol. The van der Waals surface area contributed by atoms with Gasteiger partial charge in [-0.1, -0.05) is 40.5 Å². The van der Waals surface area contributed by atoms with Gasteiger partial charge in [-0.15, -0.1) is 0 Å². The van der Waals surface area contributed by atoms with E-state index in [-0.39, 0.29) is 17.0 Å². The highest BCUT2D eigenvalue weighted by molar-refractivity contribution is 5.60. The first kappa shape index (κ1) is 28.6. The Morgan fingerprint density at radius 2 is 1.37 bits per heavy atom. The maximum absolute atomic E-state index is 10.9. The first-order chi connectivity index (χ1) is 17.9. The van der Waals surface area contributed by atoms with Gasteiger partial charge >= 0.3 is 0 Å². The summed E-state index contributed by atoms with van der Waals surface area (Å²) in [6.45, 7) is 17.7. The Morgan fingerprint density at radius 3 is 1.97 bits per heavy atom. The standard InChI is InChI=1S/C34H50O4/c1-22(2)11-9-15-33(7)17-13-26-21-27(19-24(5)30(26)37-33)36-32-28-14-18-34(8,16-10-12-23(3)4)38-31(28)25(6)20-29(32)35/h19-23,35H,9-18H2,1-8H3. The third-order valence-corrected chi connectivity index (χ3v) is 8.54.